The van der Waals surface area contributed by atoms with E-state index in [-0.39, 0.29) is 6.03 Å². The first-order valence-electron chi connectivity index (χ1n) is 10.5. The van der Waals surface area contributed by atoms with Gasteiger partial charge in [0.2, 0.25) is 0 Å². The number of rotatable bonds is 7. The SMILES string of the molecule is N#Cc1ccc(CNC(=O)Nc2ccc(NS(=O)c3ncccc3-c3ccccc3)cc2)cc1. The number of urea groups is 1. The molecule has 0 aliphatic rings. The number of hydrogen-bond acceptors (Lipinski definition) is 4. The van der Waals surface area contributed by atoms with E-state index in [2.05, 4.69) is 26.4 Å². The molecular formula is C26H21N5O2S. The summed E-state index contributed by atoms with van der Waals surface area (Å²) in [7, 11) is -1.57. The zero-order valence-corrected chi connectivity index (χ0v) is 18.9. The van der Waals surface area contributed by atoms with Gasteiger partial charge in [-0.1, -0.05) is 42.5 Å². The Morgan fingerprint density at radius 3 is 2.29 bits per heavy atom. The summed E-state index contributed by atoms with van der Waals surface area (Å²) in [5.41, 5.74) is 4.42. The third-order valence-electron chi connectivity index (χ3n) is 4.92. The Kier molecular flexibility index (Phi) is 7.28. The number of hydrogen-bond donors (Lipinski definition) is 3. The number of benzene rings is 3. The van der Waals surface area contributed by atoms with Crippen molar-refractivity contribution in [3.8, 4) is 17.2 Å². The second kappa shape index (κ2) is 10.9. The van der Waals surface area contributed by atoms with E-state index in [4.69, 9.17) is 5.26 Å². The molecule has 0 saturated heterocycles. The van der Waals surface area contributed by atoms with Crippen LogP contribution in [0.2, 0.25) is 0 Å². The average Bonchev–Trinajstić information content (AvgIpc) is 2.89. The minimum Gasteiger partial charge on any atom is -0.334 e. The van der Waals surface area contributed by atoms with Crippen molar-refractivity contribution in [2.75, 3.05) is 10.0 Å². The van der Waals surface area contributed by atoms with Crippen LogP contribution in [0.3, 0.4) is 0 Å². The number of carbonyl (C=O) groups excluding carboxylic acids is 1. The molecular weight excluding hydrogens is 446 g/mol. The summed E-state index contributed by atoms with van der Waals surface area (Å²) in [4.78, 5) is 16.5. The molecule has 1 heterocycles. The molecule has 7 nitrogen and oxygen atoms in total. The first kappa shape index (κ1) is 22.7. The molecule has 0 aliphatic carbocycles. The van der Waals surface area contributed by atoms with E-state index in [1.165, 1.54) is 0 Å². The highest BCUT2D eigenvalue weighted by molar-refractivity contribution is 7.86. The normalized spacial score (nSPS) is 11.1. The van der Waals surface area contributed by atoms with Crippen molar-refractivity contribution < 1.29 is 9.00 Å². The largest absolute Gasteiger partial charge is 0.334 e. The second-order valence-corrected chi connectivity index (χ2v) is 8.41. The molecule has 8 heteroatoms. The summed E-state index contributed by atoms with van der Waals surface area (Å²) < 4.78 is 15.9. The predicted molar refractivity (Wildman–Crippen MR) is 133 cm³/mol. The Balaban J connectivity index is 1.34. The maximum atomic E-state index is 13.0. The summed E-state index contributed by atoms with van der Waals surface area (Å²) in [5.74, 6) is 0. The monoisotopic (exact) mass is 467 g/mol. The standard InChI is InChI=1S/C26H21N5O2S/c27-17-19-8-10-20(11-9-19)18-29-26(32)30-22-12-14-23(15-13-22)31-34(33)25-24(7-4-16-28-25)21-5-2-1-3-6-21/h1-16,31H,18H2,(H2,29,30,32). The maximum Gasteiger partial charge on any atom is 0.319 e. The van der Waals surface area contributed by atoms with Crippen LogP contribution in [0.4, 0.5) is 16.2 Å². The van der Waals surface area contributed by atoms with Crippen LogP contribution >= 0.6 is 0 Å². The highest BCUT2D eigenvalue weighted by Gasteiger charge is 2.13. The molecule has 1 aromatic heterocycles. The van der Waals surface area contributed by atoms with Crippen molar-refractivity contribution in [2.45, 2.75) is 11.6 Å². The number of nitriles is 1. The molecule has 34 heavy (non-hydrogen) atoms. The third kappa shape index (κ3) is 5.85. The maximum absolute atomic E-state index is 13.0. The van der Waals surface area contributed by atoms with Crippen molar-refractivity contribution >= 4 is 28.4 Å². The molecule has 3 N–H and O–H groups in total. The van der Waals surface area contributed by atoms with E-state index in [9.17, 15) is 9.00 Å². The lowest BCUT2D eigenvalue weighted by atomic mass is 10.1. The Morgan fingerprint density at radius 2 is 1.59 bits per heavy atom. The number of pyridine rings is 1. The molecule has 0 saturated carbocycles. The lowest BCUT2D eigenvalue weighted by molar-refractivity contribution is 0.251. The van der Waals surface area contributed by atoms with E-state index < -0.39 is 11.0 Å². The van der Waals surface area contributed by atoms with Crippen LogP contribution < -0.4 is 15.4 Å². The van der Waals surface area contributed by atoms with Gasteiger partial charge in [0, 0.05) is 29.7 Å². The number of anilines is 2. The van der Waals surface area contributed by atoms with Crippen molar-refractivity contribution in [2.24, 2.45) is 0 Å². The van der Waals surface area contributed by atoms with Crippen LogP contribution in [0, 0.1) is 11.3 Å². The summed E-state index contributed by atoms with van der Waals surface area (Å²) in [6.07, 6.45) is 1.62. The molecule has 0 aliphatic heterocycles. The molecule has 0 bridgehead atoms. The minimum absolute atomic E-state index is 0.337. The first-order chi connectivity index (χ1) is 16.6. The molecule has 0 spiro atoms. The van der Waals surface area contributed by atoms with Gasteiger partial charge in [-0.15, -0.1) is 0 Å². The van der Waals surface area contributed by atoms with Crippen molar-refractivity contribution in [1.82, 2.24) is 10.3 Å². The van der Waals surface area contributed by atoms with Gasteiger partial charge in [-0.25, -0.2) is 14.0 Å². The van der Waals surface area contributed by atoms with Gasteiger partial charge in [0.1, 0.15) is 0 Å². The number of aromatic nitrogens is 1. The van der Waals surface area contributed by atoms with Crippen molar-refractivity contribution in [3.05, 3.63) is 108 Å². The zero-order chi connectivity index (χ0) is 23.8. The molecule has 0 fully saturated rings. The van der Waals surface area contributed by atoms with Crippen LogP contribution in [0.15, 0.2) is 102 Å². The van der Waals surface area contributed by atoms with Crippen LogP contribution in [-0.4, -0.2) is 15.2 Å². The quantitative estimate of drug-likeness (QED) is 0.352. The highest BCUT2D eigenvalue weighted by atomic mass is 32.2. The molecule has 0 radical (unpaired) electrons. The van der Waals surface area contributed by atoms with Gasteiger partial charge in [0.15, 0.2) is 16.0 Å². The zero-order valence-electron chi connectivity index (χ0n) is 18.1. The molecule has 168 valence electrons. The fourth-order valence-corrected chi connectivity index (χ4v) is 4.20. The Bertz CT molecular complexity index is 1330. The second-order valence-electron chi connectivity index (χ2n) is 7.29. The topological polar surface area (TPSA) is 107 Å². The Labute approximate surface area is 200 Å². The van der Waals surface area contributed by atoms with Crippen LogP contribution in [0.1, 0.15) is 11.1 Å². The molecule has 2 amide bonds. The minimum atomic E-state index is -1.57. The van der Waals surface area contributed by atoms with Gasteiger partial charge in [0.25, 0.3) is 0 Å². The first-order valence-corrected chi connectivity index (χ1v) is 11.6. The van der Waals surface area contributed by atoms with Crippen LogP contribution in [-0.2, 0) is 17.5 Å². The summed E-state index contributed by atoms with van der Waals surface area (Å²) in [6.45, 7) is 0.337. The summed E-state index contributed by atoms with van der Waals surface area (Å²) in [5, 5.41) is 14.8. The predicted octanol–water partition coefficient (Wildman–Crippen LogP) is 5.08. The lowest BCUT2D eigenvalue weighted by Crippen LogP contribution is -2.28. The van der Waals surface area contributed by atoms with Gasteiger partial charge in [-0.3, -0.25) is 4.72 Å². The van der Waals surface area contributed by atoms with Gasteiger partial charge in [-0.05, 0) is 59.7 Å². The number of amides is 2. The van der Waals surface area contributed by atoms with Crippen LogP contribution in [0.5, 0.6) is 0 Å². The number of nitrogens with one attached hydrogen (secondary N) is 3. The van der Waals surface area contributed by atoms with Gasteiger partial charge >= 0.3 is 6.03 Å². The smallest absolute Gasteiger partial charge is 0.319 e. The molecule has 1 atom stereocenters. The average molecular weight is 468 g/mol. The molecule has 1 unspecified atom stereocenters. The molecule has 3 aromatic carbocycles. The Morgan fingerprint density at radius 1 is 0.882 bits per heavy atom. The van der Waals surface area contributed by atoms with Crippen molar-refractivity contribution in [3.63, 3.8) is 0 Å². The van der Waals surface area contributed by atoms with Crippen molar-refractivity contribution in [1.29, 1.82) is 5.26 Å². The molecule has 4 aromatic rings. The Hall–Kier alpha value is -4.48. The van der Waals surface area contributed by atoms with E-state index in [0.717, 1.165) is 16.7 Å². The highest BCUT2D eigenvalue weighted by Crippen LogP contribution is 2.25. The number of nitrogens with zero attached hydrogens (tertiary/aromatic N) is 2. The van der Waals surface area contributed by atoms with Crippen LogP contribution in [0.25, 0.3) is 11.1 Å². The summed E-state index contributed by atoms with van der Waals surface area (Å²) >= 11 is 0. The van der Waals surface area contributed by atoms with Gasteiger partial charge < -0.3 is 10.6 Å². The summed E-state index contributed by atoms with van der Waals surface area (Å²) in [6, 6.07) is 29.0. The van der Waals surface area contributed by atoms with E-state index in [0.29, 0.717) is 28.5 Å². The van der Waals surface area contributed by atoms with Gasteiger partial charge in [0.05, 0.1) is 11.6 Å². The lowest BCUT2D eigenvalue weighted by Gasteiger charge is -2.11. The van der Waals surface area contributed by atoms with E-state index in [1.807, 2.05) is 42.5 Å². The third-order valence-corrected chi connectivity index (χ3v) is 6.02. The van der Waals surface area contributed by atoms with E-state index >= 15 is 0 Å². The fraction of sp³-hybridized carbons (Fsp3) is 0.0385. The fourth-order valence-electron chi connectivity index (χ4n) is 3.21. The van der Waals surface area contributed by atoms with Gasteiger partial charge in [-0.2, -0.15) is 5.26 Å². The van der Waals surface area contributed by atoms with E-state index in [1.54, 1.807) is 54.7 Å². The number of carbonyl (C=O) groups is 1. The molecule has 4 rings (SSSR count).